The van der Waals surface area contributed by atoms with E-state index in [4.69, 9.17) is 4.74 Å². The lowest BCUT2D eigenvalue weighted by molar-refractivity contribution is -0.123. The standard InChI is InChI=1S/C22H23NO4S2/c1-14(24)18-6-3-4-7-19(18)23-20(25)15(2)27-21(26)16-8-10-17(11-9-16)22-28-12-5-13-29-22/h3-4,6-11,15,22H,5,12-13H2,1-2H3,(H,23,25). The van der Waals surface area contributed by atoms with Crippen LogP contribution in [-0.4, -0.2) is 35.3 Å². The van der Waals surface area contributed by atoms with Gasteiger partial charge in [0.1, 0.15) is 0 Å². The summed E-state index contributed by atoms with van der Waals surface area (Å²) in [6.07, 6.45) is 0.235. The van der Waals surface area contributed by atoms with Crippen LogP contribution in [0.5, 0.6) is 0 Å². The molecule has 1 saturated heterocycles. The Morgan fingerprint density at radius 3 is 2.34 bits per heavy atom. The molecule has 1 fully saturated rings. The zero-order chi connectivity index (χ0) is 20.8. The van der Waals surface area contributed by atoms with Gasteiger partial charge in [0.05, 0.1) is 15.8 Å². The first-order chi connectivity index (χ1) is 14.0. The van der Waals surface area contributed by atoms with Crippen LogP contribution in [0.25, 0.3) is 0 Å². The van der Waals surface area contributed by atoms with Crippen molar-refractivity contribution in [1.82, 2.24) is 0 Å². The molecule has 1 unspecified atom stereocenters. The lowest BCUT2D eigenvalue weighted by Crippen LogP contribution is -2.30. The molecule has 1 amide bonds. The van der Waals surface area contributed by atoms with E-state index < -0.39 is 18.0 Å². The summed E-state index contributed by atoms with van der Waals surface area (Å²) >= 11 is 3.84. The highest BCUT2D eigenvalue weighted by molar-refractivity contribution is 8.16. The molecule has 1 atom stereocenters. The van der Waals surface area contributed by atoms with Crippen molar-refractivity contribution in [1.29, 1.82) is 0 Å². The number of nitrogens with one attached hydrogen (secondary N) is 1. The molecule has 0 aliphatic carbocycles. The summed E-state index contributed by atoms with van der Waals surface area (Å²) in [4.78, 5) is 36.5. The lowest BCUT2D eigenvalue weighted by atomic mass is 10.1. The van der Waals surface area contributed by atoms with Crippen molar-refractivity contribution in [3.8, 4) is 0 Å². The van der Waals surface area contributed by atoms with Gasteiger partial charge in [-0.25, -0.2) is 4.79 Å². The number of ether oxygens (including phenoxy) is 1. The molecule has 3 rings (SSSR count). The van der Waals surface area contributed by atoms with Crippen molar-refractivity contribution < 1.29 is 19.1 Å². The molecule has 29 heavy (non-hydrogen) atoms. The predicted molar refractivity (Wildman–Crippen MR) is 119 cm³/mol. The number of hydrogen-bond acceptors (Lipinski definition) is 6. The van der Waals surface area contributed by atoms with Crippen LogP contribution in [0.2, 0.25) is 0 Å². The summed E-state index contributed by atoms with van der Waals surface area (Å²) in [5.41, 5.74) is 2.40. The normalized spacial score (nSPS) is 15.4. The van der Waals surface area contributed by atoms with Crippen LogP contribution in [0.3, 0.4) is 0 Å². The largest absolute Gasteiger partial charge is 0.449 e. The number of para-hydroxylation sites is 1. The molecule has 5 nitrogen and oxygen atoms in total. The fourth-order valence-corrected chi connectivity index (χ4v) is 5.77. The van der Waals surface area contributed by atoms with E-state index in [2.05, 4.69) is 5.32 Å². The van der Waals surface area contributed by atoms with Gasteiger partial charge in [-0.05, 0) is 61.6 Å². The number of hydrogen-bond donors (Lipinski definition) is 1. The van der Waals surface area contributed by atoms with Crippen LogP contribution in [0.4, 0.5) is 5.69 Å². The number of thioether (sulfide) groups is 2. The van der Waals surface area contributed by atoms with Gasteiger partial charge in [-0.1, -0.05) is 24.3 Å². The molecule has 152 valence electrons. The number of carbonyl (C=O) groups excluding carboxylic acids is 3. The molecule has 0 radical (unpaired) electrons. The third-order valence-electron chi connectivity index (χ3n) is 4.46. The molecule has 0 saturated carbocycles. The van der Waals surface area contributed by atoms with Crippen molar-refractivity contribution in [2.24, 2.45) is 0 Å². The number of amides is 1. The van der Waals surface area contributed by atoms with Gasteiger partial charge in [-0.2, -0.15) is 0 Å². The van der Waals surface area contributed by atoms with Crippen LogP contribution in [-0.2, 0) is 9.53 Å². The van der Waals surface area contributed by atoms with Crippen LogP contribution < -0.4 is 5.32 Å². The minimum absolute atomic E-state index is 0.153. The Hall–Kier alpha value is -2.25. The van der Waals surface area contributed by atoms with Gasteiger partial charge in [0, 0.05) is 5.56 Å². The maximum atomic E-state index is 12.4. The Bertz CT molecular complexity index is 892. The third kappa shape index (κ3) is 5.64. The number of esters is 1. The van der Waals surface area contributed by atoms with Gasteiger partial charge in [-0.3, -0.25) is 9.59 Å². The SMILES string of the molecule is CC(=O)c1ccccc1NC(=O)C(C)OC(=O)c1ccc(C2SCCCS2)cc1. The minimum Gasteiger partial charge on any atom is -0.449 e. The van der Waals surface area contributed by atoms with Crippen LogP contribution >= 0.6 is 23.5 Å². The van der Waals surface area contributed by atoms with E-state index in [-0.39, 0.29) is 5.78 Å². The summed E-state index contributed by atoms with van der Waals surface area (Å²) in [6.45, 7) is 2.94. The highest BCUT2D eigenvalue weighted by Gasteiger charge is 2.21. The molecule has 0 bridgehead atoms. The van der Waals surface area contributed by atoms with Crippen molar-refractivity contribution in [2.45, 2.75) is 31.0 Å². The second-order valence-electron chi connectivity index (χ2n) is 6.69. The second-order valence-corrected chi connectivity index (χ2v) is 9.41. The highest BCUT2D eigenvalue weighted by Crippen LogP contribution is 2.43. The molecule has 1 aliphatic rings. The van der Waals surface area contributed by atoms with Gasteiger partial charge in [-0.15, -0.1) is 23.5 Å². The first-order valence-corrected chi connectivity index (χ1v) is 11.5. The number of benzene rings is 2. The van der Waals surface area contributed by atoms with E-state index >= 15 is 0 Å². The van der Waals surface area contributed by atoms with E-state index in [1.807, 2.05) is 35.7 Å². The summed E-state index contributed by atoms with van der Waals surface area (Å²) in [7, 11) is 0. The third-order valence-corrected chi connectivity index (χ3v) is 7.48. The second kappa shape index (κ2) is 9.98. The monoisotopic (exact) mass is 429 g/mol. The zero-order valence-electron chi connectivity index (χ0n) is 16.3. The Kier molecular flexibility index (Phi) is 7.39. The Labute approximate surface area is 179 Å². The number of rotatable bonds is 6. The zero-order valence-corrected chi connectivity index (χ0v) is 18.0. The Morgan fingerprint density at radius 2 is 1.69 bits per heavy atom. The highest BCUT2D eigenvalue weighted by atomic mass is 32.2. The topological polar surface area (TPSA) is 72.5 Å². The molecule has 2 aromatic carbocycles. The van der Waals surface area contributed by atoms with Crippen molar-refractivity contribution in [3.63, 3.8) is 0 Å². The quantitative estimate of drug-likeness (QED) is 0.518. The fourth-order valence-electron chi connectivity index (χ4n) is 2.87. The summed E-state index contributed by atoms with van der Waals surface area (Å²) in [5, 5.41) is 2.66. The van der Waals surface area contributed by atoms with E-state index in [0.29, 0.717) is 21.4 Å². The van der Waals surface area contributed by atoms with Crippen molar-refractivity contribution in [2.75, 3.05) is 16.8 Å². The smallest absolute Gasteiger partial charge is 0.338 e. The summed E-state index contributed by atoms with van der Waals surface area (Å²) < 4.78 is 5.71. The molecular weight excluding hydrogens is 406 g/mol. The predicted octanol–water partition coefficient (Wildman–Crippen LogP) is 4.94. The van der Waals surface area contributed by atoms with Crippen molar-refractivity contribution in [3.05, 3.63) is 65.2 Å². The number of anilines is 1. The molecular formula is C22H23NO4S2. The number of Topliss-reactive ketones (excluding diaryl/α,β-unsaturated/α-hetero) is 1. The fraction of sp³-hybridized carbons (Fsp3) is 0.318. The summed E-state index contributed by atoms with van der Waals surface area (Å²) in [6, 6.07) is 14.1. The molecule has 0 aromatic heterocycles. The van der Waals surface area contributed by atoms with Crippen LogP contribution in [0, 0.1) is 0 Å². The van der Waals surface area contributed by atoms with E-state index in [1.54, 1.807) is 36.4 Å². The molecule has 0 spiro atoms. The van der Waals surface area contributed by atoms with Crippen LogP contribution in [0.1, 0.15) is 51.1 Å². The van der Waals surface area contributed by atoms with Gasteiger partial charge in [0.2, 0.25) is 0 Å². The van der Waals surface area contributed by atoms with Gasteiger partial charge >= 0.3 is 5.97 Å². The minimum atomic E-state index is -0.994. The molecule has 1 aliphatic heterocycles. The van der Waals surface area contributed by atoms with Gasteiger partial charge < -0.3 is 10.1 Å². The first kappa shape index (κ1) is 21.5. The maximum absolute atomic E-state index is 12.4. The van der Waals surface area contributed by atoms with E-state index in [1.165, 1.54) is 25.8 Å². The van der Waals surface area contributed by atoms with Crippen molar-refractivity contribution >= 4 is 46.9 Å². The first-order valence-electron chi connectivity index (χ1n) is 9.40. The van der Waals surface area contributed by atoms with Crippen LogP contribution in [0.15, 0.2) is 48.5 Å². The molecule has 1 heterocycles. The summed E-state index contributed by atoms with van der Waals surface area (Å²) in [5.74, 6) is 1.11. The molecule has 7 heteroatoms. The average molecular weight is 430 g/mol. The van der Waals surface area contributed by atoms with E-state index in [9.17, 15) is 14.4 Å². The Balaban J connectivity index is 1.60. The number of carbonyl (C=O) groups is 3. The lowest BCUT2D eigenvalue weighted by Gasteiger charge is -2.21. The van der Waals surface area contributed by atoms with Gasteiger partial charge in [0.15, 0.2) is 11.9 Å². The average Bonchev–Trinajstić information content (AvgIpc) is 2.74. The van der Waals surface area contributed by atoms with E-state index in [0.717, 1.165) is 11.5 Å². The molecule has 1 N–H and O–H groups in total. The van der Waals surface area contributed by atoms with Gasteiger partial charge in [0.25, 0.3) is 5.91 Å². The molecule has 2 aromatic rings. The maximum Gasteiger partial charge on any atom is 0.338 e. The number of ketones is 1. The Morgan fingerprint density at radius 1 is 1.03 bits per heavy atom.